The van der Waals surface area contributed by atoms with Crippen molar-refractivity contribution in [2.24, 2.45) is 16.7 Å². The Morgan fingerprint density at radius 2 is 1.65 bits per heavy atom. The van der Waals surface area contributed by atoms with Crippen LogP contribution < -0.4 is 4.74 Å². The molecule has 2 aliphatic rings. The molecule has 2 heterocycles. The Morgan fingerprint density at radius 1 is 0.946 bits per heavy atom. The summed E-state index contributed by atoms with van der Waals surface area (Å²) in [5.41, 5.74) is -2.33. The van der Waals surface area contributed by atoms with Gasteiger partial charge in [-0.15, -0.1) is 0 Å². The van der Waals surface area contributed by atoms with Crippen LogP contribution >= 0.6 is 0 Å². The van der Waals surface area contributed by atoms with Gasteiger partial charge >= 0.3 is 0 Å². The van der Waals surface area contributed by atoms with Crippen LogP contribution in [0.2, 0.25) is 0 Å². The zero-order valence-electron chi connectivity index (χ0n) is 19.8. The first-order chi connectivity index (χ1) is 17.9. The van der Waals surface area contributed by atoms with Crippen molar-refractivity contribution in [3.8, 4) is 24.0 Å². The van der Waals surface area contributed by atoms with Crippen LogP contribution in [0.25, 0.3) is 0 Å². The number of nitrogens with one attached hydrogen (secondary N) is 1. The summed E-state index contributed by atoms with van der Waals surface area (Å²) in [6.07, 6.45) is -1.29. The van der Waals surface area contributed by atoms with Gasteiger partial charge in [0.15, 0.2) is 5.41 Å². The average molecular weight is 493 g/mol. The number of nitriles is 3. The summed E-state index contributed by atoms with van der Waals surface area (Å²) in [4.78, 5) is 0. The number of halogens is 1. The molecule has 0 aromatic heterocycles. The molecule has 0 amide bonds. The molecule has 0 radical (unpaired) electrons. The highest BCUT2D eigenvalue weighted by Gasteiger charge is 2.79. The van der Waals surface area contributed by atoms with Crippen molar-refractivity contribution in [2.45, 2.75) is 25.4 Å². The van der Waals surface area contributed by atoms with Crippen LogP contribution in [0.1, 0.15) is 29.7 Å². The summed E-state index contributed by atoms with van der Waals surface area (Å²) >= 11 is 0. The summed E-state index contributed by atoms with van der Waals surface area (Å²) in [5.74, 6) is -3.17. The molecule has 4 atom stereocenters. The van der Waals surface area contributed by atoms with Crippen molar-refractivity contribution >= 4 is 5.90 Å². The molecule has 2 bridgehead atoms. The SMILES string of the molecule is CC1C2(c3ccc(F)cc3)OC(=N)C1(C#N)C(C#N)(C#N)C(c1cccc(OCc3ccccc3)c1)O2. The van der Waals surface area contributed by atoms with Crippen molar-refractivity contribution in [1.29, 1.82) is 21.2 Å². The Balaban J connectivity index is 1.63. The third kappa shape index (κ3) is 3.29. The normalized spacial score (nSPS) is 27.3. The maximum absolute atomic E-state index is 13.7. The van der Waals surface area contributed by atoms with Gasteiger partial charge in [0.05, 0.1) is 24.1 Å². The first kappa shape index (κ1) is 24.0. The average Bonchev–Trinajstić information content (AvgIpc) is 3.09. The van der Waals surface area contributed by atoms with Crippen LogP contribution in [-0.2, 0) is 21.9 Å². The van der Waals surface area contributed by atoms with E-state index >= 15 is 0 Å². The van der Waals surface area contributed by atoms with E-state index in [-0.39, 0.29) is 0 Å². The van der Waals surface area contributed by atoms with Crippen LogP contribution in [0, 0.1) is 62.0 Å². The number of ether oxygens (including phenoxy) is 3. The molecule has 182 valence electrons. The smallest absolute Gasteiger partial charge is 0.244 e. The largest absolute Gasteiger partial charge is 0.489 e. The molecular formula is C29H21FN4O3. The topological polar surface area (TPSA) is 123 Å². The highest BCUT2D eigenvalue weighted by atomic mass is 19.1. The van der Waals surface area contributed by atoms with Crippen LogP contribution in [0.5, 0.6) is 5.75 Å². The molecule has 4 unspecified atom stereocenters. The van der Waals surface area contributed by atoms with Gasteiger partial charge in [-0.05, 0) is 47.5 Å². The molecule has 0 aliphatic carbocycles. The molecule has 37 heavy (non-hydrogen) atoms. The van der Waals surface area contributed by atoms with Crippen molar-refractivity contribution in [2.75, 3.05) is 0 Å². The van der Waals surface area contributed by atoms with Gasteiger partial charge < -0.3 is 14.2 Å². The molecule has 7 nitrogen and oxygen atoms in total. The Labute approximate surface area is 213 Å². The van der Waals surface area contributed by atoms with Gasteiger partial charge in [-0.3, -0.25) is 5.41 Å². The fraction of sp³-hybridized carbons (Fsp3) is 0.241. The molecule has 8 heteroatoms. The molecule has 0 spiro atoms. The third-order valence-corrected chi connectivity index (χ3v) is 7.32. The third-order valence-electron chi connectivity index (χ3n) is 7.32. The molecule has 2 saturated heterocycles. The second-order valence-electron chi connectivity index (χ2n) is 9.12. The van der Waals surface area contributed by atoms with Crippen molar-refractivity contribution in [1.82, 2.24) is 0 Å². The lowest BCUT2D eigenvalue weighted by Gasteiger charge is -2.48. The quantitative estimate of drug-likeness (QED) is 0.501. The Morgan fingerprint density at radius 3 is 2.30 bits per heavy atom. The molecule has 3 aromatic rings. The zero-order chi connectivity index (χ0) is 26.3. The predicted molar refractivity (Wildman–Crippen MR) is 129 cm³/mol. The van der Waals surface area contributed by atoms with Gasteiger partial charge in [0.2, 0.25) is 17.1 Å². The van der Waals surface area contributed by atoms with E-state index in [1.54, 1.807) is 31.2 Å². The number of rotatable bonds is 5. The fourth-order valence-electron chi connectivity index (χ4n) is 5.36. The van der Waals surface area contributed by atoms with Gasteiger partial charge in [0.25, 0.3) is 0 Å². The number of fused-ring (bicyclic) bond motifs is 2. The molecule has 5 rings (SSSR count). The maximum Gasteiger partial charge on any atom is 0.244 e. The molecule has 0 saturated carbocycles. The van der Waals surface area contributed by atoms with Gasteiger partial charge in [-0.1, -0.05) is 49.4 Å². The van der Waals surface area contributed by atoms with Crippen molar-refractivity contribution in [3.63, 3.8) is 0 Å². The summed E-state index contributed by atoms with van der Waals surface area (Å²) in [7, 11) is 0. The van der Waals surface area contributed by atoms with Crippen LogP contribution in [-0.4, -0.2) is 5.90 Å². The van der Waals surface area contributed by atoms with E-state index in [2.05, 4.69) is 6.07 Å². The predicted octanol–water partition coefficient (Wildman–Crippen LogP) is 5.52. The number of hydrogen-bond donors (Lipinski definition) is 1. The van der Waals surface area contributed by atoms with Gasteiger partial charge in [-0.25, -0.2) is 4.39 Å². The lowest BCUT2D eigenvalue weighted by molar-refractivity contribution is -0.288. The van der Waals surface area contributed by atoms with Crippen molar-refractivity contribution in [3.05, 3.63) is 101 Å². The maximum atomic E-state index is 13.7. The monoisotopic (exact) mass is 492 g/mol. The van der Waals surface area contributed by atoms with E-state index in [0.717, 1.165) is 5.56 Å². The number of nitrogens with zero attached hydrogens (tertiary/aromatic N) is 3. The lowest BCUT2D eigenvalue weighted by atomic mass is 9.53. The Kier molecular flexibility index (Phi) is 5.67. The van der Waals surface area contributed by atoms with E-state index in [0.29, 0.717) is 23.5 Å². The van der Waals surface area contributed by atoms with Crippen LogP contribution in [0.3, 0.4) is 0 Å². The van der Waals surface area contributed by atoms with Crippen LogP contribution in [0.4, 0.5) is 4.39 Å². The minimum absolute atomic E-state index is 0.296. The minimum atomic E-state index is -2.11. The fourth-order valence-corrected chi connectivity index (χ4v) is 5.36. The summed E-state index contributed by atoms with van der Waals surface area (Å²) in [6.45, 7) is 1.90. The first-order valence-corrected chi connectivity index (χ1v) is 11.6. The molecule has 1 N–H and O–H groups in total. The van der Waals surface area contributed by atoms with Crippen LogP contribution in [0.15, 0.2) is 78.9 Å². The van der Waals surface area contributed by atoms with E-state index < -0.39 is 40.4 Å². The van der Waals surface area contributed by atoms with Crippen molar-refractivity contribution < 1.29 is 18.6 Å². The molecule has 2 aliphatic heterocycles. The van der Waals surface area contributed by atoms with Gasteiger partial charge in [0, 0.05) is 5.56 Å². The lowest BCUT2D eigenvalue weighted by Crippen LogP contribution is -2.57. The Bertz CT molecular complexity index is 1470. The molecule has 3 aromatic carbocycles. The molecule has 2 fully saturated rings. The minimum Gasteiger partial charge on any atom is -0.489 e. The number of benzene rings is 3. The Hall–Kier alpha value is -4.71. The standard InChI is InChI=1S/C29H21FN4O3/c1-19-28(18-33)26(34)37-29(19,22-10-12-23(30)13-11-22)36-25(27(28,16-31)17-32)21-8-5-9-24(14-21)35-15-20-6-3-2-4-7-20/h2-14,19,25,34H,15H2,1H3. The van der Waals surface area contributed by atoms with Gasteiger partial charge in [0.1, 0.15) is 24.3 Å². The van der Waals surface area contributed by atoms with Gasteiger partial charge in [-0.2, -0.15) is 15.8 Å². The van der Waals surface area contributed by atoms with E-state index in [1.165, 1.54) is 24.3 Å². The first-order valence-electron chi connectivity index (χ1n) is 11.6. The molecular weight excluding hydrogens is 471 g/mol. The second kappa shape index (κ2) is 8.75. The van der Waals surface area contributed by atoms with E-state index in [9.17, 15) is 20.2 Å². The van der Waals surface area contributed by atoms with E-state index in [1.807, 2.05) is 42.5 Å². The summed E-state index contributed by atoms with van der Waals surface area (Å²) in [6, 6.07) is 27.8. The summed E-state index contributed by atoms with van der Waals surface area (Å²) in [5, 5.41) is 39.9. The number of hydrogen-bond acceptors (Lipinski definition) is 7. The highest BCUT2D eigenvalue weighted by Crippen LogP contribution is 2.69. The highest BCUT2D eigenvalue weighted by molar-refractivity contribution is 5.89. The second-order valence-corrected chi connectivity index (χ2v) is 9.12. The summed E-state index contributed by atoms with van der Waals surface area (Å²) < 4.78 is 32.1. The zero-order valence-corrected chi connectivity index (χ0v) is 19.8. The van der Waals surface area contributed by atoms with E-state index in [4.69, 9.17) is 19.6 Å².